The molecule has 7 rings (SSSR count). The summed E-state index contributed by atoms with van der Waals surface area (Å²) in [6.07, 6.45) is 4.77. The van der Waals surface area contributed by atoms with Crippen LogP contribution in [0.15, 0.2) is 34.7 Å². The van der Waals surface area contributed by atoms with Crippen LogP contribution in [0.4, 0.5) is 0 Å². The van der Waals surface area contributed by atoms with Crippen LogP contribution < -0.4 is 5.32 Å². The number of amides is 1. The SMILES string of the molecule is CS(=O)(=O)C1(c2ccc(C(=O)NC34CC(c5nc6cc(C#N)ccc6s5)(C3)C4)o2)CC1. The van der Waals surface area contributed by atoms with E-state index in [4.69, 9.17) is 14.7 Å². The average molecular weight is 454 g/mol. The zero-order valence-corrected chi connectivity index (χ0v) is 18.4. The quantitative estimate of drug-likeness (QED) is 0.633. The Morgan fingerprint density at radius 3 is 2.61 bits per heavy atom. The molecule has 3 aromatic rings. The van der Waals surface area contributed by atoms with E-state index in [9.17, 15) is 13.2 Å². The summed E-state index contributed by atoms with van der Waals surface area (Å²) < 4.78 is 29.9. The zero-order valence-electron chi connectivity index (χ0n) is 16.8. The van der Waals surface area contributed by atoms with Crippen molar-refractivity contribution in [3.63, 3.8) is 0 Å². The summed E-state index contributed by atoms with van der Waals surface area (Å²) in [6.45, 7) is 0. The van der Waals surface area contributed by atoms with Crippen molar-refractivity contribution in [2.75, 3.05) is 6.26 Å². The van der Waals surface area contributed by atoms with Gasteiger partial charge in [-0.25, -0.2) is 13.4 Å². The van der Waals surface area contributed by atoms with Crippen molar-refractivity contribution in [1.82, 2.24) is 10.3 Å². The van der Waals surface area contributed by atoms with E-state index >= 15 is 0 Å². The number of benzene rings is 1. The molecule has 2 heterocycles. The molecule has 4 fully saturated rings. The van der Waals surface area contributed by atoms with Crippen molar-refractivity contribution in [2.24, 2.45) is 0 Å². The van der Waals surface area contributed by atoms with Crippen molar-refractivity contribution >= 4 is 37.3 Å². The number of fused-ring (bicyclic) bond motifs is 1. The Morgan fingerprint density at radius 1 is 1.23 bits per heavy atom. The maximum Gasteiger partial charge on any atom is 0.287 e. The lowest BCUT2D eigenvalue weighted by Crippen LogP contribution is -2.76. The van der Waals surface area contributed by atoms with Crippen LogP contribution >= 0.6 is 11.3 Å². The van der Waals surface area contributed by atoms with Gasteiger partial charge in [0.2, 0.25) is 0 Å². The maximum absolute atomic E-state index is 12.7. The van der Waals surface area contributed by atoms with Crippen molar-refractivity contribution in [3.05, 3.63) is 52.4 Å². The van der Waals surface area contributed by atoms with Gasteiger partial charge in [0.05, 0.1) is 21.8 Å². The van der Waals surface area contributed by atoms with E-state index in [1.807, 2.05) is 12.1 Å². The molecule has 0 spiro atoms. The molecule has 2 aromatic heterocycles. The molecule has 1 N–H and O–H groups in total. The molecule has 2 bridgehead atoms. The first-order valence-electron chi connectivity index (χ1n) is 10.1. The molecule has 0 unspecified atom stereocenters. The fourth-order valence-electron chi connectivity index (χ4n) is 5.29. The molecular formula is C22H19N3O4S2. The van der Waals surface area contributed by atoms with E-state index in [0.717, 1.165) is 34.5 Å². The Balaban J connectivity index is 1.16. The van der Waals surface area contributed by atoms with E-state index in [-0.39, 0.29) is 22.6 Å². The molecule has 1 amide bonds. The second-order valence-corrected chi connectivity index (χ2v) is 12.6. The van der Waals surface area contributed by atoms with Crippen molar-refractivity contribution in [1.29, 1.82) is 5.26 Å². The lowest BCUT2D eigenvalue weighted by Gasteiger charge is -2.69. The van der Waals surface area contributed by atoms with Crippen LogP contribution in [0.25, 0.3) is 10.2 Å². The van der Waals surface area contributed by atoms with Gasteiger partial charge in [-0.1, -0.05) is 0 Å². The Labute approximate surface area is 183 Å². The molecule has 0 radical (unpaired) electrons. The molecule has 4 saturated carbocycles. The van der Waals surface area contributed by atoms with Crippen molar-refractivity contribution < 1.29 is 17.6 Å². The summed E-state index contributed by atoms with van der Waals surface area (Å²) in [5.41, 5.74) is 1.22. The highest BCUT2D eigenvalue weighted by Crippen LogP contribution is 2.68. The lowest BCUT2D eigenvalue weighted by atomic mass is 9.39. The van der Waals surface area contributed by atoms with Gasteiger partial charge in [-0.05, 0) is 62.4 Å². The Kier molecular flexibility index (Phi) is 3.53. The fourth-order valence-corrected chi connectivity index (χ4v) is 7.74. The summed E-state index contributed by atoms with van der Waals surface area (Å²) >= 11 is 1.66. The van der Waals surface area contributed by atoms with Crippen LogP contribution in [0.1, 0.15) is 59.0 Å². The zero-order chi connectivity index (χ0) is 21.6. The Morgan fingerprint density at radius 2 is 1.97 bits per heavy atom. The predicted molar refractivity (Wildman–Crippen MR) is 115 cm³/mol. The van der Waals surface area contributed by atoms with E-state index in [1.165, 1.54) is 6.26 Å². The first-order chi connectivity index (χ1) is 14.7. The smallest absolute Gasteiger partial charge is 0.287 e. The van der Waals surface area contributed by atoms with Crippen molar-refractivity contribution in [3.8, 4) is 6.07 Å². The maximum atomic E-state index is 12.7. The number of aromatic nitrogens is 1. The number of hydrogen-bond acceptors (Lipinski definition) is 7. The van der Waals surface area contributed by atoms with Crippen LogP contribution in [0.2, 0.25) is 0 Å². The van der Waals surface area contributed by atoms with Gasteiger partial charge in [0, 0.05) is 17.2 Å². The Bertz CT molecular complexity index is 1400. The van der Waals surface area contributed by atoms with E-state index in [0.29, 0.717) is 24.2 Å². The molecule has 1 aromatic carbocycles. The van der Waals surface area contributed by atoms with Gasteiger partial charge < -0.3 is 9.73 Å². The monoisotopic (exact) mass is 453 g/mol. The number of nitrogens with zero attached hydrogens (tertiary/aromatic N) is 2. The molecule has 7 nitrogen and oxygen atoms in total. The number of nitriles is 1. The van der Waals surface area contributed by atoms with Gasteiger partial charge in [-0.3, -0.25) is 4.79 Å². The molecule has 31 heavy (non-hydrogen) atoms. The number of carbonyl (C=O) groups is 1. The van der Waals surface area contributed by atoms with Gasteiger partial charge in [-0.15, -0.1) is 11.3 Å². The number of carbonyl (C=O) groups excluding carboxylic acids is 1. The minimum Gasteiger partial charge on any atom is -0.454 e. The van der Waals surface area contributed by atoms with E-state index in [2.05, 4.69) is 11.4 Å². The molecule has 4 aliphatic rings. The topological polar surface area (TPSA) is 113 Å². The third-order valence-electron chi connectivity index (χ3n) is 7.07. The molecule has 0 aliphatic heterocycles. The van der Waals surface area contributed by atoms with Crippen LogP contribution in [-0.2, 0) is 20.0 Å². The number of sulfone groups is 1. The van der Waals surface area contributed by atoms with Crippen LogP contribution in [0.3, 0.4) is 0 Å². The highest BCUT2D eigenvalue weighted by Gasteiger charge is 2.70. The molecule has 0 saturated heterocycles. The second kappa shape index (κ2) is 5.75. The summed E-state index contributed by atoms with van der Waals surface area (Å²) in [6, 6.07) is 10.9. The third-order valence-corrected chi connectivity index (χ3v) is 10.4. The average Bonchev–Trinajstić information content (AvgIpc) is 3.17. The van der Waals surface area contributed by atoms with E-state index in [1.54, 1.807) is 29.5 Å². The molecule has 9 heteroatoms. The standard InChI is InChI=1S/C22H19N3O4S2/c1-31(27,28)22(6-7-22)17-5-3-15(29-17)18(26)25-21-10-20(11-21,12-21)19-24-14-8-13(9-23)2-4-16(14)30-19/h2-5,8H,6-7,10-12H2,1H3,(H,25,26). The van der Waals surface area contributed by atoms with Crippen LogP contribution in [0.5, 0.6) is 0 Å². The summed E-state index contributed by atoms with van der Waals surface area (Å²) in [7, 11) is -3.28. The second-order valence-electron chi connectivity index (χ2n) is 9.29. The largest absolute Gasteiger partial charge is 0.454 e. The fraction of sp³-hybridized carbons (Fsp3) is 0.409. The normalized spacial score (nSPS) is 27.7. The number of rotatable bonds is 5. The van der Waals surface area contributed by atoms with Gasteiger partial charge in [-0.2, -0.15) is 5.26 Å². The highest BCUT2D eigenvalue weighted by atomic mass is 32.2. The number of thiazole rings is 1. The minimum absolute atomic E-state index is 0.00641. The van der Waals surface area contributed by atoms with Crippen molar-refractivity contribution in [2.45, 2.75) is 47.8 Å². The predicted octanol–water partition coefficient (Wildman–Crippen LogP) is 3.40. The van der Waals surface area contributed by atoms with Gasteiger partial charge in [0.25, 0.3) is 5.91 Å². The lowest BCUT2D eigenvalue weighted by molar-refractivity contribution is -0.0811. The number of hydrogen-bond donors (Lipinski definition) is 1. The first kappa shape index (κ1) is 19.0. The number of furan rings is 1. The number of nitrogens with one attached hydrogen (secondary N) is 1. The molecule has 4 aliphatic carbocycles. The van der Waals surface area contributed by atoms with E-state index < -0.39 is 14.6 Å². The summed E-state index contributed by atoms with van der Waals surface area (Å²) in [4.78, 5) is 17.5. The molecule has 0 atom stereocenters. The van der Waals surface area contributed by atoms with Gasteiger partial charge >= 0.3 is 0 Å². The Hall–Kier alpha value is -2.70. The summed E-state index contributed by atoms with van der Waals surface area (Å²) in [5.74, 6) is 0.222. The van der Waals surface area contributed by atoms with Crippen LogP contribution in [-0.4, -0.2) is 31.1 Å². The molecular weight excluding hydrogens is 434 g/mol. The highest BCUT2D eigenvalue weighted by molar-refractivity contribution is 7.91. The summed E-state index contributed by atoms with van der Waals surface area (Å²) in [5, 5.41) is 13.2. The minimum atomic E-state index is -3.28. The molecule has 158 valence electrons. The van der Waals surface area contributed by atoms with Crippen LogP contribution in [0, 0.1) is 11.3 Å². The third kappa shape index (κ3) is 2.58. The first-order valence-corrected chi connectivity index (χ1v) is 12.8. The van der Waals surface area contributed by atoms with Gasteiger partial charge in [0.15, 0.2) is 15.6 Å². The van der Waals surface area contributed by atoms with Gasteiger partial charge in [0.1, 0.15) is 15.5 Å².